The molecule has 0 unspecified atom stereocenters. The zero-order chi connectivity index (χ0) is 20.5. The molecule has 0 amide bonds. The maximum absolute atomic E-state index is 12.8. The predicted molar refractivity (Wildman–Crippen MR) is 80.7 cm³/mol. The van der Waals surface area contributed by atoms with Crippen molar-refractivity contribution >= 4 is 9.84 Å². The van der Waals surface area contributed by atoms with Crippen LogP contribution in [0, 0.1) is 5.21 Å². The third kappa shape index (κ3) is 4.59. The molecule has 0 bridgehead atoms. The number of rotatable bonds is 6. The molecule has 0 aliphatic rings. The van der Waals surface area contributed by atoms with Crippen LogP contribution >= 0.6 is 0 Å². The molecule has 0 N–H and O–H groups in total. The minimum Gasteiger partial charge on any atom is -0.618 e. The van der Waals surface area contributed by atoms with Gasteiger partial charge in [0.25, 0.3) is 0 Å². The Balaban J connectivity index is 2.18. The minimum absolute atomic E-state index is 0.0691. The first-order valence-corrected chi connectivity index (χ1v) is 8.88. The normalized spacial score (nSPS) is 12.8. The van der Waals surface area contributed by atoms with Gasteiger partial charge >= 0.3 is 12.1 Å². The highest BCUT2D eigenvalue weighted by Gasteiger charge is 2.58. The van der Waals surface area contributed by atoms with Crippen LogP contribution in [0.3, 0.4) is 0 Å². The molecule has 2 aromatic heterocycles. The lowest BCUT2D eigenvalue weighted by molar-refractivity contribution is -0.596. The van der Waals surface area contributed by atoms with Crippen LogP contribution in [0.5, 0.6) is 5.88 Å². The van der Waals surface area contributed by atoms with Crippen LogP contribution in [0.1, 0.15) is 6.92 Å². The Kier molecular flexibility index (Phi) is 5.54. The third-order valence-corrected chi connectivity index (χ3v) is 5.05. The summed E-state index contributed by atoms with van der Waals surface area (Å²) in [6, 6.07) is 2.34. The summed E-state index contributed by atoms with van der Waals surface area (Å²) in [4.78, 5) is 7.01. The molecule has 148 valence electrons. The maximum atomic E-state index is 12.8. The smallest absolute Gasteiger partial charge is 0.456 e. The number of ether oxygens (including phenoxy) is 1. The number of pyridine rings is 1. The zero-order valence-electron chi connectivity index (χ0n) is 13.6. The highest BCUT2D eigenvalue weighted by atomic mass is 32.2. The number of alkyl halides is 5. The first-order valence-electron chi connectivity index (χ1n) is 7.23. The van der Waals surface area contributed by atoms with E-state index in [0.29, 0.717) is 0 Å². The summed E-state index contributed by atoms with van der Waals surface area (Å²) < 4.78 is 89.7. The van der Waals surface area contributed by atoms with Gasteiger partial charge in [-0.05, 0) is 6.07 Å². The molecule has 0 radical (unpaired) electrons. The van der Waals surface area contributed by atoms with Gasteiger partial charge in [0.15, 0.2) is 28.3 Å². The van der Waals surface area contributed by atoms with Crippen molar-refractivity contribution in [3.63, 3.8) is 0 Å². The average molecular weight is 413 g/mol. The second-order valence-electron chi connectivity index (χ2n) is 5.21. The minimum atomic E-state index is -5.77. The van der Waals surface area contributed by atoms with Gasteiger partial charge in [0, 0.05) is 6.07 Å². The Hall–Kier alpha value is -2.57. The van der Waals surface area contributed by atoms with E-state index in [1.165, 1.54) is 13.0 Å². The number of aromatic nitrogens is 3. The number of hydrogen-bond acceptors (Lipinski definition) is 6. The standard InChI is InChI=1S/C14H12F5N3O4S/c1-2-27(24,25)9-3-4-11(22(23)7-9)10-5-21-12(6-20-10)26-8-13(15,16)14(17,18)19/h3-7H,2,8H2,1H3. The van der Waals surface area contributed by atoms with Crippen molar-refractivity contribution in [3.05, 3.63) is 35.9 Å². The van der Waals surface area contributed by atoms with E-state index < -0.39 is 34.4 Å². The van der Waals surface area contributed by atoms with E-state index in [9.17, 15) is 35.6 Å². The Morgan fingerprint density at radius 3 is 2.30 bits per heavy atom. The molecule has 0 aliphatic heterocycles. The molecule has 27 heavy (non-hydrogen) atoms. The molecule has 0 aliphatic carbocycles. The summed E-state index contributed by atoms with van der Waals surface area (Å²) >= 11 is 0. The molecule has 2 rings (SSSR count). The number of hydrogen-bond donors (Lipinski definition) is 0. The van der Waals surface area contributed by atoms with Crippen molar-refractivity contribution in [2.45, 2.75) is 23.9 Å². The molecule has 13 heteroatoms. The van der Waals surface area contributed by atoms with Gasteiger partial charge in [-0.25, -0.2) is 18.4 Å². The summed E-state index contributed by atoms with van der Waals surface area (Å²) in [5.41, 5.74) is -0.176. The second kappa shape index (κ2) is 7.21. The molecular weight excluding hydrogens is 401 g/mol. The number of nitrogens with zero attached hydrogens (tertiary/aromatic N) is 3. The summed E-state index contributed by atoms with van der Waals surface area (Å²) in [6.07, 6.45) is -3.27. The first kappa shape index (κ1) is 20.7. The topological polar surface area (TPSA) is 96.1 Å². The largest absolute Gasteiger partial charge is 0.618 e. The quantitative estimate of drug-likeness (QED) is 0.409. The number of halogens is 5. The first-order chi connectivity index (χ1) is 12.4. The van der Waals surface area contributed by atoms with Gasteiger partial charge in [-0.15, -0.1) is 0 Å². The van der Waals surface area contributed by atoms with E-state index in [-0.39, 0.29) is 26.8 Å². The summed E-state index contributed by atoms with van der Waals surface area (Å²) in [5.74, 6) is -5.88. The molecule has 0 spiro atoms. The van der Waals surface area contributed by atoms with Gasteiger partial charge in [-0.2, -0.15) is 26.7 Å². The number of sulfone groups is 1. The Bertz CT molecular complexity index is 917. The lowest BCUT2D eigenvalue weighted by atomic mass is 10.3. The van der Waals surface area contributed by atoms with Crippen molar-refractivity contribution in [2.75, 3.05) is 12.4 Å². The van der Waals surface area contributed by atoms with Crippen LogP contribution in [-0.2, 0) is 9.84 Å². The average Bonchev–Trinajstić information content (AvgIpc) is 2.59. The highest BCUT2D eigenvalue weighted by molar-refractivity contribution is 7.91. The van der Waals surface area contributed by atoms with E-state index in [2.05, 4.69) is 14.7 Å². The van der Waals surface area contributed by atoms with E-state index in [1.54, 1.807) is 0 Å². The van der Waals surface area contributed by atoms with Crippen LogP contribution in [0.2, 0.25) is 0 Å². The SMILES string of the molecule is CCS(=O)(=O)c1ccc(-c2cnc(OCC(F)(F)C(F)(F)F)cn2)[n+]([O-])c1. The lowest BCUT2D eigenvalue weighted by Crippen LogP contribution is -2.41. The van der Waals surface area contributed by atoms with E-state index in [0.717, 1.165) is 24.7 Å². The van der Waals surface area contributed by atoms with Gasteiger partial charge in [-0.1, -0.05) is 6.92 Å². The molecule has 0 aromatic carbocycles. The molecule has 2 heterocycles. The monoisotopic (exact) mass is 413 g/mol. The lowest BCUT2D eigenvalue weighted by Gasteiger charge is -2.19. The fourth-order valence-corrected chi connectivity index (χ4v) is 2.65. The second-order valence-corrected chi connectivity index (χ2v) is 7.49. The molecule has 0 saturated carbocycles. The molecule has 0 fully saturated rings. The fraction of sp³-hybridized carbons (Fsp3) is 0.357. The molecule has 0 atom stereocenters. The van der Waals surface area contributed by atoms with Gasteiger partial charge in [0.2, 0.25) is 11.6 Å². The maximum Gasteiger partial charge on any atom is 0.456 e. The van der Waals surface area contributed by atoms with E-state index in [1.807, 2.05) is 0 Å². The summed E-state index contributed by atoms with van der Waals surface area (Å²) in [5, 5.41) is 12.0. The van der Waals surface area contributed by atoms with Gasteiger partial charge < -0.3 is 9.94 Å². The molecule has 0 saturated heterocycles. The highest BCUT2D eigenvalue weighted by Crippen LogP contribution is 2.35. The van der Waals surface area contributed by atoms with Gasteiger partial charge in [0.05, 0.1) is 18.1 Å². The van der Waals surface area contributed by atoms with Crippen molar-refractivity contribution in [3.8, 4) is 17.3 Å². The Morgan fingerprint density at radius 1 is 1.15 bits per heavy atom. The van der Waals surface area contributed by atoms with Crippen LogP contribution in [0.25, 0.3) is 11.4 Å². The fourth-order valence-electron chi connectivity index (χ4n) is 1.78. The van der Waals surface area contributed by atoms with Gasteiger partial charge in [0.1, 0.15) is 4.90 Å². The van der Waals surface area contributed by atoms with Gasteiger partial charge in [-0.3, -0.25) is 0 Å². The summed E-state index contributed by atoms with van der Waals surface area (Å²) in [7, 11) is -3.60. The van der Waals surface area contributed by atoms with Crippen LogP contribution in [0.15, 0.2) is 35.6 Å². The zero-order valence-corrected chi connectivity index (χ0v) is 14.4. The molecule has 2 aromatic rings. The van der Waals surface area contributed by atoms with Crippen LogP contribution < -0.4 is 9.47 Å². The third-order valence-electron chi connectivity index (χ3n) is 3.33. The van der Waals surface area contributed by atoms with Crippen molar-refractivity contribution in [2.24, 2.45) is 0 Å². The molecular formula is C14H12F5N3O4S. The summed E-state index contributed by atoms with van der Waals surface area (Å²) in [6.45, 7) is -0.569. The van der Waals surface area contributed by atoms with Crippen LogP contribution in [-0.4, -0.2) is 42.8 Å². The predicted octanol–water partition coefficient (Wildman–Crippen LogP) is 2.15. The van der Waals surface area contributed by atoms with Crippen LogP contribution in [0.4, 0.5) is 22.0 Å². The molecule has 7 nitrogen and oxygen atoms in total. The van der Waals surface area contributed by atoms with Crippen molar-refractivity contribution in [1.29, 1.82) is 0 Å². The van der Waals surface area contributed by atoms with E-state index in [4.69, 9.17) is 0 Å². The Morgan fingerprint density at radius 2 is 1.81 bits per heavy atom. The van der Waals surface area contributed by atoms with Crippen molar-refractivity contribution < 1.29 is 39.8 Å². The van der Waals surface area contributed by atoms with Crippen molar-refractivity contribution in [1.82, 2.24) is 9.97 Å². The Labute approximate surface area is 149 Å². The van der Waals surface area contributed by atoms with E-state index >= 15 is 0 Å².